The Bertz CT molecular complexity index is 375. The summed E-state index contributed by atoms with van der Waals surface area (Å²) in [6.45, 7) is 7.36. The third-order valence-electron chi connectivity index (χ3n) is 1.88. The molecule has 1 aromatic rings. The van der Waals surface area contributed by atoms with Crippen molar-refractivity contribution in [2.45, 2.75) is 33.8 Å². The molecule has 0 spiro atoms. The average Bonchev–Trinajstić information content (AvgIpc) is 2.19. The normalized spacial score (nSPS) is 11.9. The summed E-state index contributed by atoms with van der Waals surface area (Å²) in [7, 11) is 0. The molecule has 0 unspecified atom stereocenters. The van der Waals surface area contributed by atoms with E-state index in [1.807, 2.05) is 20.8 Å². The number of nitrogens with zero attached hydrogens (tertiary/aromatic N) is 3. The number of hydrogen-bond acceptors (Lipinski definition) is 5. The van der Waals surface area contributed by atoms with Crippen LogP contribution in [0, 0.1) is 6.92 Å². The van der Waals surface area contributed by atoms with Gasteiger partial charge < -0.3 is 9.94 Å². The van der Waals surface area contributed by atoms with Gasteiger partial charge in [0.15, 0.2) is 0 Å². The highest BCUT2D eigenvalue weighted by atomic mass is 16.5. The van der Waals surface area contributed by atoms with Gasteiger partial charge in [-0.3, -0.25) is 0 Å². The van der Waals surface area contributed by atoms with Crippen LogP contribution >= 0.6 is 0 Å². The van der Waals surface area contributed by atoms with Gasteiger partial charge >= 0.3 is 0 Å². The van der Waals surface area contributed by atoms with Crippen LogP contribution in [0.4, 0.5) is 0 Å². The van der Waals surface area contributed by atoms with Gasteiger partial charge in [0.1, 0.15) is 12.0 Å². The summed E-state index contributed by atoms with van der Waals surface area (Å²) in [6.07, 6.45) is 1.45. The zero-order valence-corrected chi connectivity index (χ0v) is 9.35. The lowest BCUT2D eigenvalue weighted by molar-refractivity contribution is 0.230. The zero-order valence-electron chi connectivity index (χ0n) is 9.35. The van der Waals surface area contributed by atoms with Crippen molar-refractivity contribution in [1.29, 1.82) is 0 Å². The minimum atomic E-state index is 0.0535. The number of hydrogen-bond donors (Lipinski definition) is 1. The topological polar surface area (TPSA) is 67.6 Å². The molecule has 0 aliphatic heterocycles. The summed E-state index contributed by atoms with van der Waals surface area (Å²) < 4.78 is 5.49. The smallest absolute Gasteiger partial charge is 0.220 e. The Hall–Kier alpha value is -1.65. The van der Waals surface area contributed by atoms with Crippen molar-refractivity contribution >= 4 is 5.71 Å². The summed E-state index contributed by atoms with van der Waals surface area (Å²) in [5.41, 5.74) is 1.83. The fourth-order valence-corrected chi connectivity index (χ4v) is 1.19. The Morgan fingerprint density at radius 2 is 2.13 bits per heavy atom. The number of ether oxygens (including phenoxy) is 1. The zero-order chi connectivity index (χ0) is 11.4. The van der Waals surface area contributed by atoms with E-state index in [4.69, 9.17) is 9.94 Å². The monoisotopic (exact) mass is 209 g/mol. The van der Waals surface area contributed by atoms with Crippen molar-refractivity contribution in [2.24, 2.45) is 5.16 Å². The van der Waals surface area contributed by atoms with Crippen LogP contribution in [0.3, 0.4) is 0 Å². The van der Waals surface area contributed by atoms with Crippen LogP contribution in [0.2, 0.25) is 0 Å². The van der Waals surface area contributed by atoms with Crippen LogP contribution in [0.1, 0.15) is 32.0 Å². The Balaban J connectivity index is 3.11. The van der Waals surface area contributed by atoms with Crippen LogP contribution in [0.5, 0.6) is 5.88 Å². The van der Waals surface area contributed by atoms with Crippen LogP contribution in [0.15, 0.2) is 11.5 Å². The molecule has 0 fully saturated rings. The quantitative estimate of drug-likeness (QED) is 0.468. The molecule has 0 saturated heterocycles. The van der Waals surface area contributed by atoms with E-state index in [1.54, 1.807) is 6.92 Å². The van der Waals surface area contributed by atoms with Crippen LogP contribution in [-0.4, -0.2) is 27.0 Å². The lowest BCUT2D eigenvalue weighted by Gasteiger charge is -2.12. The van der Waals surface area contributed by atoms with E-state index < -0.39 is 0 Å². The molecule has 0 aromatic carbocycles. The van der Waals surface area contributed by atoms with E-state index in [0.29, 0.717) is 17.3 Å². The summed E-state index contributed by atoms with van der Waals surface area (Å²) >= 11 is 0. The second-order valence-electron chi connectivity index (χ2n) is 3.50. The first-order chi connectivity index (χ1) is 7.06. The molecule has 15 heavy (non-hydrogen) atoms. The number of oxime groups is 1. The molecule has 5 heteroatoms. The first-order valence-electron chi connectivity index (χ1n) is 4.73. The van der Waals surface area contributed by atoms with Crippen LogP contribution < -0.4 is 4.74 Å². The van der Waals surface area contributed by atoms with Crippen molar-refractivity contribution < 1.29 is 9.94 Å². The van der Waals surface area contributed by atoms with Gasteiger partial charge in [0.05, 0.1) is 11.8 Å². The lowest BCUT2D eigenvalue weighted by atomic mass is 10.2. The minimum Gasteiger partial charge on any atom is -0.475 e. The number of rotatable bonds is 3. The van der Waals surface area contributed by atoms with E-state index in [1.165, 1.54) is 6.33 Å². The summed E-state index contributed by atoms with van der Waals surface area (Å²) in [5, 5.41) is 11.8. The van der Waals surface area contributed by atoms with Crippen molar-refractivity contribution in [3.8, 4) is 5.88 Å². The van der Waals surface area contributed by atoms with E-state index in [9.17, 15) is 0 Å². The second-order valence-corrected chi connectivity index (χ2v) is 3.50. The largest absolute Gasteiger partial charge is 0.475 e. The fraction of sp³-hybridized carbons (Fsp3) is 0.500. The minimum absolute atomic E-state index is 0.0535. The lowest BCUT2D eigenvalue weighted by Crippen LogP contribution is -2.11. The third kappa shape index (κ3) is 2.65. The Labute approximate surface area is 88.8 Å². The molecule has 0 amide bonds. The van der Waals surface area contributed by atoms with Gasteiger partial charge in [-0.2, -0.15) is 0 Å². The molecule has 0 saturated carbocycles. The highest BCUT2D eigenvalue weighted by Crippen LogP contribution is 2.17. The summed E-state index contributed by atoms with van der Waals surface area (Å²) in [4.78, 5) is 8.06. The SMILES string of the molecule is C/C(=N\O)c1ncnc(OC(C)C)c1C. The van der Waals surface area contributed by atoms with Gasteiger partial charge in [-0.05, 0) is 27.7 Å². The van der Waals surface area contributed by atoms with Gasteiger partial charge in [-0.25, -0.2) is 9.97 Å². The molecule has 0 atom stereocenters. The number of aromatic nitrogens is 2. The Morgan fingerprint density at radius 1 is 1.47 bits per heavy atom. The van der Waals surface area contributed by atoms with E-state index in [0.717, 1.165) is 5.56 Å². The summed E-state index contributed by atoms with van der Waals surface area (Å²) in [5.74, 6) is 0.526. The van der Waals surface area contributed by atoms with Crippen molar-refractivity contribution in [2.75, 3.05) is 0 Å². The highest BCUT2D eigenvalue weighted by Gasteiger charge is 2.11. The average molecular weight is 209 g/mol. The molecule has 1 aromatic heterocycles. The van der Waals surface area contributed by atoms with Gasteiger partial charge in [0.2, 0.25) is 5.88 Å². The van der Waals surface area contributed by atoms with Crippen LogP contribution in [-0.2, 0) is 0 Å². The highest BCUT2D eigenvalue weighted by molar-refractivity contribution is 5.97. The second kappa shape index (κ2) is 4.72. The van der Waals surface area contributed by atoms with E-state index in [2.05, 4.69) is 15.1 Å². The standard InChI is InChI=1S/C10H15N3O2/c1-6(2)15-10-7(3)9(8(4)13-14)11-5-12-10/h5-6,14H,1-4H3/b13-8+. The molecule has 1 heterocycles. The summed E-state index contributed by atoms with van der Waals surface area (Å²) in [6, 6.07) is 0. The molecule has 1 N–H and O–H groups in total. The maximum atomic E-state index is 8.67. The molecule has 5 nitrogen and oxygen atoms in total. The molecule has 0 bridgehead atoms. The van der Waals surface area contributed by atoms with Gasteiger partial charge in [-0.1, -0.05) is 5.16 Å². The van der Waals surface area contributed by atoms with Crippen LogP contribution in [0.25, 0.3) is 0 Å². The molecular formula is C10H15N3O2. The Morgan fingerprint density at radius 3 is 2.67 bits per heavy atom. The molecule has 0 radical (unpaired) electrons. The van der Waals surface area contributed by atoms with Crippen molar-refractivity contribution in [3.05, 3.63) is 17.6 Å². The maximum absolute atomic E-state index is 8.67. The van der Waals surface area contributed by atoms with Gasteiger partial charge in [0, 0.05) is 5.56 Å². The third-order valence-corrected chi connectivity index (χ3v) is 1.88. The first-order valence-corrected chi connectivity index (χ1v) is 4.73. The molecule has 0 aliphatic carbocycles. The molecule has 1 rings (SSSR count). The van der Waals surface area contributed by atoms with Crippen molar-refractivity contribution in [3.63, 3.8) is 0 Å². The van der Waals surface area contributed by atoms with Gasteiger partial charge in [0.25, 0.3) is 0 Å². The predicted octanol–water partition coefficient (Wildman–Crippen LogP) is 1.77. The van der Waals surface area contributed by atoms with Gasteiger partial charge in [-0.15, -0.1) is 0 Å². The molecular weight excluding hydrogens is 194 g/mol. The van der Waals surface area contributed by atoms with E-state index in [-0.39, 0.29) is 6.10 Å². The first kappa shape index (κ1) is 11.4. The predicted molar refractivity (Wildman–Crippen MR) is 56.5 cm³/mol. The fourth-order valence-electron chi connectivity index (χ4n) is 1.19. The maximum Gasteiger partial charge on any atom is 0.220 e. The molecule has 82 valence electrons. The molecule has 0 aliphatic rings. The van der Waals surface area contributed by atoms with E-state index >= 15 is 0 Å². The van der Waals surface area contributed by atoms with Crippen molar-refractivity contribution in [1.82, 2.24) is 9.97 Å². The Kier molecular flexibility index (Phi) is 3.60.